The molecule has 1 atom stereocenters. The van der Waals surface area contributed by atoms with E-state index in [1.54, 1.807) is 0 Å². The third kappa shape index (κ3) is 14.6. The van der Waals surface area contributed by atoms with Crippen LogP contribution in [0.1, 0.15) is 85.9 Å². The minimum atomic E-state index is -0.284. The Balaban J connectivity index is -0.00000144. The van der Waals surface area contributed by atoms with Crippen LogP contribution in [0.25, 0.3) is 0 Å². The van der Waals surface area contributed by atoms with Crippen molar-refractivity contribution < 1.29 is 40.6 Å². The van der Waals surface area contributed by atoms with E-state index < -0.39 is 0 Å². The van der Waals surface area contributed by atoms with Gasteiger partial charge in [-0.25, -0.2) is 0 Å². The summed E-state index contributed by atoms with van der Waals surface area (Å²) in [6.45, 7) is 4.44. The maximum absolute atomic E-state index is 11.0. The van der Waals surface area contributed by atoms with Crippen LogP contribution in [0, 0.1) is 5.92 Å². The van der Waals surface area contributed by atoms with E-state index in [4.69, 9.17) is 5.90 Å². The molecule has 0 saturated carbocycles. The second-order valence-electron chi connectivity index (χ2n) is 5.21. The van der Waals surface area contributed by atoms with Gasteiger partial charge < -0.3 is 6.26 Å². The summed E-state index contributed by atoms with van der Waals surface area (Å²) in [6.07, 6.45) is 13.2. The van der Waals surface area contributed by atoms with Crippen LogP contribution in [0.3, 0.4) is 0 Å². The standard InChI is InChI=1S/C15H31NO2.Na.H/c1-3-5-6-7-8-9-10-11-14(4-2)12-13-15(17)18-16;;/h14H,3-13,16H2,1-2H3;;/q;+1;-1. The molecule has 3 nitrogen and oxygen atoms in total. The van der Waals surface area contributed by atoms with Crippen molar-refractivity contribution in [3.63, 3.8) is 0 Å². The maximum atomic E-state index is 11.0. The Morgan fingerprint density at radius 3 is 2.16 bits per heavy atom. The molecule has 0 aromatic rings. The second kappa shape index (κ2) is 16.5. The van der Waals surface area contributed by atoms with E-state index in [0.717, 1.165) is 12.8 Å². The Hall–Kier alpha value is 0.430. The van der Waals surface area contributed by atoms with Crippen LogP contribution in [-0.4, -0.2) is 5.97 Å². The molecule has 0 spiro atoms. The molecule has 4 heteroatoms. The van der Waals surface area contributed by atoms with Crippen LogP contribution in [0.5, 0.6) is 0 Å². The Labute approximate surface area is 142 Å². The molecular formula is C15H32NNaO2. The first-order valence-corrected chi connectivity index (χ1v) is 7.64. The number of unbranched alkanes of at least 4 members (excludes halogenated alkanes) is 6. The third-order valence-corrected chi connectivity index (χ3v) is 3.68. The van der Waals surface area contributed by atoms with Crippen LogP contribution >= 0.6 is 0 Å². The molecule has 1 unspecified atom stereocenters. The summed E-state index contributed by atoms with van der Waals surface area (Å²) in [5.74, 6) is 5.20. The van der Waals surface area contributed by atoms with Gasteiger partial charge in [0.1, 0.15) is 0 Å². The minimum absolute atomic E-state index is 0. The van der Waals surface area contributed by atoms with Gasteiger partial charge in [-0.15, -0.1) is 0 Å². The van der Waals surface area contributed by atoms with Crippen molar-refractivity contribution in [2.45, 2.75) is 84.5 Å². The van der Waals surface area contributed by atoms with Gasteiger partial charge in [-0.05, 0) is 12.3 Å². The van der Waals surface area contributed by atoms with Gasteiger partial charge in [0.2, 0.25) is 0 Å². The topological polar surface area (TPSA) is 52.3 Å². The predicted octanol–water partition coefficient (Wildman–Crippen LogP) is 1.47. The summed E-state index contributed by atoms with van der Waals surface area (Å²) in [7, 11) is 0. The van der Waals surface area contributed by atoms with Crippen LogP contribution in [0.15, 0.2) is 0 Å². The van der Waals surface area contributed by atoms with E-state index in [0.29, 0.717) is 12.3 Å². The Morgan fingerprint density at radius 2 is 1.63 bits per heavy atom. The first kappa shape index (κ1) is 21.7. The maximum Gasteiger partial charge on any atom is 1.00 e. The summed E-state index contributed by atoms with van der Waals surface area (Å²) in [6, 6.07) is 0. The number of hydrogen-bond donors (Lipinski definition) is 1. The fourth-order valence-corrected chi connectivity index (χ4v) is 2.32. The molecule has 2 N–H and O–H groups in total. The van der Waals surface area contributed by atoms with Gasteiger partial charge in [-0.1, -0.05) is 71.6 Å². The summed E-state index contributed by atoms with van der Waals surface area (Å²) in [4.78, 5) is 15.1. The number of nitrogens with two attached hydrogens (primary N) is 1. The van der Waals surface area contributed by atoms with Gasteiger partial charge in [0.05, 0.1) is 0 Å². The molecule has 0 aliphatic rings. The van der Waals surface area contributed by atoms with Crippen molar-refractivity contribution in [1.29, 1.82) is 0 Å². The van der Waals surface area contributed by atoms with Gasteiger partial charge in [0.15, 0.2) is 0 Å². The Morgan fingerprint density at radius 1 is 1.05 bits per heavy atom. The predicted molar refractivity (Wildman–Crippen MR) is 77.0 cm³/mol. The molecule has 0 aromatic carbocycles. The molecule has 0 radical (unpaired) electrons. The average Bonchev–Trinajstić information content (AvgIpc) is 2.40. The zero-order valence-electron chi connectivity index (χ0n) is 14.2. The number of carbonyl (C=O) groups is 1. The molecule has 19 heavy (non-hydrogen) atoms. The second-order valence-corrected chi connectivity index (χ2v) is 5.21. The molecule has 0 amide bonds. The molecule has 0 rings (SSSR count). The van der Waals surface area contributed by atoms with Crippen LogP contribution in [0.2, 0.25) is 0 Å². The van der Waals surface area contributed by atoms with Crippen molar-refractivity contribution in [3.8, 4) is 0 Å². The summed E-state index contributed by atoms with van der Waals surface area (Å²) in [5, 5.41) is 0. The van der Waals surface area contributed by atoms with Crippen molar-refractivity contribution in [2.75, 3.05) is 0 Å². The normalized spacial score (nSPS) is 11.7. The number of rotatable bonds is 12. The molecule has 0 saturated heterocycles. The van der Waals surface area contributed by atoms with Gasteiger partial charge in [-0.2, -0.15) is 5.90 Å². The van der Waals surface area contributed by atoms with Crippen LogP contribution < -0.4 is 35.5 Å². The van der Waals surface area contributed by atoms with Gasteiger partial charge >= 0.3 is 35.5 Å². The largest absolute Gasteiger partial charge is 1.00 e. The fourth-order valence-electron chi connectivity index (χ4n) is 2.32. The van der Waals surface area contributed by atoms with E-state index >= 15 is 0 Å². The molecule has 0 aliphatic carbocycles. The van der Waals surface area contributed by atoms with E-state index in [1.807, 2.05) is 0 Å². The van der Waals surface area contributed by atoms with Crippen molar-refractivity contribution >= 4 is 5.97 Å². The minimum Gasteiger partial charge on any atom is -1.00 e. The van der Waals surface area contributed by atoms with Gasteiger partial charge in [0.25, 0.3) is 0 Å². The first-order chi connectivity index (χ1) is 8.74. The fraction of sp³-hybridized carbons (Fsp3) is 0.933. The average molecular weight is 281 g/mol. The van der Waals surface area contributed by atoms with Crippen molar-refractivity contribution in [2.24, 2.45) is 11.8 Å². The zero-order chi connectivity index (χ0) is 13.6. The molecule has 0 bridgehead atoms. The molecule has 0 aromatic heterocycles. The monoisotopic (exact) mass is 281 g/mol. The molecule has 0 aliphatic heterocycles. The van der Waals surface area contributed by atoms with Crippen molar-refractivity contribution in [1.82, 2.24) is 0 Å². The third-order valence-electron chi connectivity index (χ3n) is 3.68. The molecular weight excluding hydrogens is 249 g/mol. The number of carbonyl (C=O) groups excluding carboxylic acids is 1. The molecule has 0 fully saturated rings. The van der Waals surface area contributed by atoms with Crippen LogP contribution in [-0.2, 0) is 9.63 Å². The number of hydrogen-bond acceptors (Lipinski definition) is 3. The summed E-state index contributed by atoms with van der Waals surface area (Å²) < 4.78 is 0. The molecule has 0 heterocycles. The van der Waals surface area contributed by atoms with Crippen LogP contribution in [0.4, 0.5) is 0 Å². The Bertz CT molecular complexity index is 206. The summed E-state index contributed by atoms with van der Waals surface area (Å²) >= 11 is 0. The van der Waals surface area contributed by atoms with E-state index in [9.17, 15) is 4.79 Å². The van der Waals surface area contributed by atoms with E-state index in [-0.39, 0.29) is 37.0 Å². The van der Waals surface area contributed by atoms with E-state index in [2.05, 4.69) is 18.7 Å². The van der Waals surface area contributed by atoms with Crippen molar-refractivity contribution in [3.05, 3.63) is 0 Å². The SMILES string of the molecule is CCCCCCCCCC(CC)CCC(=O)ON.[H-].[Na+]. The summed E-state index contributed by atoms with van der Waals surface area (Å²) in [5.41, 5.74) is 0. The van der Waals surface area contributed by atoms with E-state index in [1.165, 1.54) is 51.4 Å². The first-order valence-electron chi connectivity index (χ1n) is 7.64. The molecule has 110 valence electrons. The smallest absolute Gasteiger partial charge is 1.00 e. The quantitative estimate of drug-likeness (QED) is 0.335. The van der Waals surface area contributed by atoms with Gasteiger partial charge in [0, 0.05) is 6.42 Å². The van der Waals surface area contributed by atoms with Gasteiger partial charge in [-0.3, -0.25) is 4.79 Å². The zero-order valence-corrected chi connectivity index (χ0v) is 15.2. The Kier molecular flexibility index (Phi) is 18.8.